The zero-order valence-electron chi connectivity index (χ0n) is 6.37. The molecule has 66 valence electrons. The van der Waals surface area contributed by atoms with Gasteiger partial charge in [0.25, 0.3) is 0 Å². The Hall–Kier alpha value is -1.77. The highest BCUT2D eigenvalue weighted by Gasteiger charge is 2.02. The molecular formula is C6H9N3O3. The van der Waals surface area contributed by atoms with Gasteiger partial charge in [0.15, 0.2) is 0 Å². The highest BCUT2D eigenvalue weighted by molar-refractivity contribution is 5.79. The number of esters is 1. The van der Waals surface area contributed by atoms with Gasteiger partial charge in [-0.2, -0.15) is 5.26 Å². The van der Waals surface area contributed by atoms with Crippen molar-refractivity contribution in [3.63, 3.8) is 0 Å². The molecule has 0 aromatic heterocycles. The minimum absolute atomic E-state index is 0.0375. The first-order valence-corrected chi connectivity index (χ1v) is 3.22. The number of carbonyl (C=O) groups is 2. The molecule has 0 aromatic carbocycles. The van der Waals surface area contributed by atoms with Crippen LogP contribution in [-0.4, -0.2) is 25.2 Å². The molecule has 0 fully saturated rings. The first-order chi connectivity index (χ1) is 5.66. The molecule has 0 unspecified atom stereocenters. The van der Waals surface area contributed by atoms with Crippen LogP contribution in [0.4, 0.5) is 4.79 Å². The van der Waals surface area contributed by atoms with E-state index in [0.29, 0.717) is 0 Å². The van der Waals surface area contributed by atoms with Gasteiger partial charge in [0.2, 0.25) is 0 Å². The molecule has 0 atom stereocenters. The first kappa shape index (κ1) is 10.2. The number of nitrogens with one attached hydrogen (secondary N) is 1. The molecule has 0 aromatic rings. The molecule has 6 heteroatoms. The van der Waals surface area contributed by atoms with Crippen molar-refractivity contribution in [1.82, 2.24) is 5.32 Å². The lowest BCUT2D eigenvalue weighted by atomic mass is 10.5. The highest BCUT2D eigenvalue weighted by Crippen LogP contribution is 1.80. The Bertz CT molecular complexity index is 209. The quantitative estimate of drug-likeness (QED) is 0.422. The number of rotatable bonds is 4. The zero-order chi connectivity index (χ0) is 9.40. The van der Waals surface area contributed by atoms with E-state index in [0.717, 1.165) is 0 Å². The summed E-state index contributed by atoms with van der Waals surface area (Å²) >= 11 is 0. The fourth-order valence-corrected chi connectivity index (χ4v) is 0.421. The number of nitrogens with two attached hydrogens (primary N) is 1. The molecule has 0 saturated carbocycles. The minimum atomic E-state index is -0.785. The van der Waals surface area contributed by atoms with E-state index in [1.165, 1.54) is 0 Å². The predicted molar refractivity (Wildman–Crippen MR) is 38.8 cm³/mol. The molecule has 2 amide bonds. The van der Waals surface area contributed by atoms with Crippen molar-refractivity contribution in [3.05, 3.63) is 0 Å². The fourth-order valence-electron chi connectivity index (χ4n) is 0.421. The molecule has 0 aliphatic carbocycles. The van der Waals surface area contributed by atoms with E-state index in [4.69, 9.17) is 5.26 Å². The molecule has 12 heavy (non-hydrogen) atoms. The molecule has 0 bridgehead atoms. The molecule has 3 N–H and O–H groups in total. The average Bonchev–Trinajstić information content (AvgIpc) is 2.01. The monoisotopic (exact) mass is 171 g/mol. The van der Waals surface area contributed by atoms with Crippen molar-refractivity contribution in [2.45, 2.75) is 6.42 Å². The maximum Gasteiger partial charge on any atom is 0.325 e. The van der Waals surface area contributed by atoms with Crippen LogP contribution < -0.4 is 11.1 Å². The second kappa shape index (κ2) is 5.97. The Morgan fingerprint density at radius 3 is 2.75 bits per heavy atom. The summed E-state index contributed by atoms with van der Waals surface area (Å²) in [6.45, 7) is -0.226. The molecule has 0 aliphatic rings. The zero-order valence-corrected chi connectivity index (χ0v) is 6.37. The van der Waals surface area contributed by atoms with Crippen LogP contribution >= 0.6 is 0 Å². The molecule has 0 saturated heterocycles. The smallest absolute Gasteiger partial charge is 0.325 e. The molecule has 0 heterocycles. The number of hydrogen-bond acceptors (Lipinski definition) is 4. The summed E-state index contributed by atoms with van der Waals surface area (Å²) < 4.78 is 4.50. The Balaban J connectivity index is 3.35. The summed E-state index contributed by atoms with van der Waals surface area (Å²) in [6, 6.07) is 1.01. The predicted octanol–water partition coefficient (Wildman–Crippen LogP) is -0.888. The van der Waals surface area contributed by atoms with Crippen LogP contribution in [0.5, 0.6) is 0 Å². The molecule has 0 radical (unpaired) electrons. The largest absolute Gasteiger partial charge is 0.463 e. The number of primary amides is 1. The van der Waals surface area contributed by atoms with Crippen LogP contribution in [0.1, 0.15) is 6.42 Å². The van der Waals surface area contributed by atoms with Gasteiger partial charge in [0, 0.05) is 0 Å². The van der Waals surface area contributed by atoms with Crippen LogP contribution in [0.3, 0.4) is 0 Å². The van der Waals surface area contributed by atoms with Gasteiger partial charge in [0.1, 0.15) is 13.2 Å². The van der Waals surface area contributed by atoms with E-state index < -0.39 is 12.0 Å². The Morgan fingerprint density at radius 2 is 2.25 bits per heavy atom. The number of carbonyl (C=O) groups excluding carboxylic acids is 2. The van der Waals surface area contributed by atoms with E-state index in [-0.39, 0.29) is 19.6 Å². The summed E-state index contributed by atoms with van der Waals surface area (Å²) in [5, 5.41) is 10.1. The lowest BCUT2D eigenvalue weighted by Crippen LogP contribution is -2.34. The van der Waals surface area contributed by atoms with Crippen LogP contribution in [0.15, 0.2) is 0 Å². The average molecular weight is 171 g/mol. The van der Waals surface area contributed by atoms with Gasteiger partial charge in [-0.3, -0.25) is 4.79 Å². The lowest BCUT2D eigenvalue weighted by Gasteiger charge is -2.01. The summed E-state index contributed by atoms with van der Waals surface area (Å²) in [5.74, 6) is -0.607. The SMILES string of the molecule is N#CCCOC(=O)CNC(N)=O. The third kappa shape index (κ3) is 6.35. The summed E-state index contributed by atoms with van der Waals surface area (Å²) in [5.41, 5.74) is 4.69. The van der Waals surface area contributed by atoms with Crippen molar-refractivity contribution in [2.24, 2.45) is 5.73 Å². The molecule has 0 spiro atoms. The number of ether oxygens (including phenoxy) is 1. The summed E-state index contributed by atoms with van der Waals surface area (Å²) in [6.07, 6.45) is 0.141. The van der Waals surface area contributed by atoms with Crippen molar-refractivity contribution in [2.75, 3.05) is 13.2 Å². The van der Waals surface area contributed by atoms with Gasteiger partial charge in [-0.15, -0.1) is 0 Å². The van der Waals surface area contributed by atoms with Gasteiger partial charge in [0.05, 0.1) is 12.5 Å². The summed E-state index contributed by atoms with van der Waals surface area (Å²) in [4.78, 5) is 20.7. The van der Waals surface area contributed by atoms with Gasteiger partial charge < -0.3 is 15.8 Å². The first-order valence-electron chi connectivity index (χ1n) is 3.22. The Kier molecular flexibility index (Phi) is 5.09. The lowest BCUT2D eigenvalue weighted by molar-refractivity contribution is -0.142. The van der Waals surface area contributed by atoms with Crippen LogP contribution in [0.25, 0.3) is 0 Å². The van der Waals surface area contributed by atoms with Crippen molar-refractivity contribution >= 4 is 12.0 Å². The van der Waals surface area contributed by atoms with E-state index in [9.17, 15) is 9.59 Å². The topological polar surface area (TPSA) is 105 Å². The third-order valence-electron chi connectivity index (χ3n) is 0.884. The maximum atomic E-state index is 10.6. The minimum Gasteiger partial charge on any atom is -0.463 e. The maximum absolute atomic E-state index is 10.6. The van der Waals surface area contributed by atoms with Crippen molar-refractivity contribution in [3.8, 4) is 6.07 Å². The summed E-state index contributed by atoms with van der Waals surface area (Å²) in [7, 11) is 0. The number of nitrogens with zero attached hydrogens (tertiary/aromatic N) is 1. The van der Waals surface area contributed by atoms with Gasteiger partial charge >= 0.3 is 12.0 Å². The van der Waals surface area contributed by atoms with Crippen LogP contribution in [0, 0.1) is 11.3 Å². The molecular weight excluding hydrogens is 162 g/mol. The van der Waals surface area contributed by atoms with Crippen LogP contribution in [-0.2, 0) is 9.53 Å². The molecule has 6 nitrogen and oxygen atoms in total. The normalized spacial score (nSPS) is 8.25. The number of urea groups is 1. The number of nitriles is 1. The van der Waals surface area contributed by atoms with Gasteiger partial charge in [-0.05, 0) is 0 Å². The number of hydrogen-bond donors (Lipinski definition) is 2. The Morgan fingerprint density at radius 1 is 1.58 bits per heavy atom. The third-order valence-corrected chi connectivity index (χ3v) is 0.884. The molecule has 0 aliphatic heterocycles. The highest BCUT2D eigenvalue weighted by atomic mass is 16.5. The van der Waals surface area contributed by atoms with E-state index >= 15 is 0 Å². The van der Waals surface area contributed by atoms with E-state index in [2.05, 4.69) is 15.8 Å². The van der Waals surface area contributed by atoms with E-state index in [1.807, 2.05) is 0 Å². The standard InChI is InChI=1S/C6H9N3O3/c7-2-1-3-12-5(10)4-9-6(8)11/h1,3-4H2,(H3,8,9,11). The second-order valence-corrected chi connectivity index (χ2v) is 1.85. The second-order valence-electron chi connectivity index (χ2n) is 1.85. The van der Waals surface area contributed by atoms with Crippen LogP contribution in [0.2, 0.25) is 0 Å². The van der Waals surface area contributed by atoms with Crippen molar-refractivity contribution < 1.29 is 14.3 Å². The van der Waals surface area contributed by atoms with Crippen molar-refractivity contribution in [1.29, 1.82) is 5.26 Å². The number of amides is 2. The van der Waals surface area contributed by atoms with Gasteiger partial charge in [-0.25, -0.2) is 4.79 Å². The fraction of sp³-hybridized carbons (Fsp3) is 0.500. The Labute approximate surface area is 69.3 Å². The van der Waals surface area contributed by atoms with Gasteiger partial charge in [-0.1, -0.05) is 0 Å². The molecule has 0 rings (SSSR count). The van der Waals surface area contributed by atoms with E-state index in [1.54, 1.807) is 6.07 Å².